The molecule has 0 aromatic heterocycles. The van der Waals surface area contributed by atoms with E-state index in [0.29, 0.717) is 0 Å². The van der Waals surface area contributed by atoms with E-state index in [2.05, 4.69) is 5.32 Å². The highest BCUT2D eigenvalue weighted by molar-refractivity contribution is 6.06. The second kappa shape index (κ2) is 4.20. The Morgan fingerprint density at radius 2 is 2.12 bits per heavy atom. The predicted octanol–water partition coefficient (Wildman–Crippen LogP) is 2.45. The molecule has 0 spiro atoms. The second-order valence-electron chi connectivity index (χ2n) is 4.66. The molecule has 2 amide bonds. The van der Waals surface area contributed by atoms with Gasteiger partial charge in [0.1, 0.15) is 11.9 Å². The number of nitrogens with zero attached hydrogens (tertiary/aromatic N) is 1. The van der Waals surface area contributed by atoms with Crippen molar-refractivity contribution < 1.29 is 4.79 Å². The number of carbonyl (C=O) groups excluding carboxylic acids is 1. The Labute approximate surface area is 101 Å². The zero-order valence-corrected chi connectivity index (χ0v) is 10.3. The van der Waals surface area contributed by atoms with Gasteiger partial charge in [-0.15, -0.1) is 0 Å². The maximum atomic E-state index is 11.8. The molecular formula is C13H17N3O. The Morgan fingerprint density at radius 1 is 1.41 bits per heavy atom. The summed E-state index contributed by atoms with van der Waals surface area (Å²) in [4.78, 5) is 13.5. The van der Waals surface area contributed by atoms with Crippen LogP contribution < -0.4 is 5.32 Å². The Kier molecular flexibility index (Phi) is 2.88. The van der Waals surface area contributed by atoms with Crippen molar-refractivity contribution in [2.45, 2.75) is 32.9 Å². The first-order valence-electron chi connectivity index (χ1n) is 5.75. The monoisotopic (exact) mass is 231 g/mol. The minimum absolute atomic E-state index is 0.0726. The quantitative estimate of drug-likeness (QED) is 0.807. The highest BCUT2D eigenvalue weighted by atomic mass is 16.2. The van der Waals surface area contributed by atoms with Crippen LogP contribution in [0.3, 0.4) is 0 Å². The van der Waals surface area contributed by atoms with E-state index in [9.17, 15) is 4.79 Å². The van der Waals surface area contributed by atoms with E-state index in [4.69, 9.17) is 5.41 Å². The number of hydrogen-bond donors (Lipinski definition) is 2. The van der Waals surface area contributed by atoms with E-state index in [0.717, 1.165) is 11.1 Å². The van der Waals surface area contributed by atoms with Crippen LogP contribution in [0.15, 0.2) is 24.3 Å². The lowest BCUT2D eigenvalue weighted by Gasteiger charge is -2.26. The van der Waals surface area contributed by atoms with Gasteiger partial charge in [-0.1, -0.05) is 29.8 Å². The van der Waals surface area contributed by atoms with Crippen LogP contribution in [-0.2, 0) is 0 Å². The molecule has 0 saturated carbocycles. The van der Waals surface area contributed by atoms with Gasteiger partial charge in [-0.2, -0.15) is 0 Å². The molecule has 1 fully saturated rings. The topological polar surface area (TPSA) is 56.2 Å². The van der Waals surface area contributed by atoms with Gasteiger partial charge in [0.15, 0.2) is 0 Å². The lowest BCUT2D eigenvalue weighted by Crippen LogP contribution is -2.35. The fourth-order valence-electron chi connectivity index (χ4n) is 2.20. The first-order valence-corrected chi connectivity index (χ1v) is 5.75. The van der Waals surface area contributed by atoms with Crippen LogP contribution in [0.1, 0.15) is 31.0 Å². The van der Waals surface area contributed by atoms with Crippen molar-refractivity contribution in [2.24, 2.45) is 0 Å². The summed E-state index contributed by atoms with van der Waals surface area (Å²) in [6.07, 6.45) is 0. The predicted molar refractivity (Wildman–Crippen MR) is 67.2 cm³/mol. The van der Waals surface area contributed by atoms with E-state index in [1.54, 1.807) is 4.90 Å². The van der Waals surface area contributed by atoms with Crippen LogP contribution >= 0.6 is 0 Å². The van der Waals surface area contributed by atoms with Crippen molar-refractivity contribution in [1.29, 1.82) is 5.41 Å². The lowest BCUT2D eigenvalue weighted by molar-refractivity contribution is 0.190. The number of carbonyl (C=O) groups is 1. The van der Waals surface area contributed by atoms with Gasteiger partial charge in [-0.25, -0.2) is 4.79 Å². The van der Waals surface area contributed by atoms with E-state index in [1.807, 2.05) is 45.0 Å². The molecule has 4 heteroatoms. The van der Waals surface area contributed by atoms with Crippen LogP contribution in [0.2, 0.25) is 0 Å². The normalized spacial score (nSPS) is 20.0. The standard InChI is InChI=1S/C13H17N3O/c1-8(2)16-11(12(14)15-13(16)17)10-6-4-5-9(3)7-10/h4-8,11H,1-3H3,(H2,14,15,17). The van der Waals surface area contributed by atoms with Gasteiger partial charge < -0.3 is 4.90 Å². The van der Waals surface area contributed by atoms with Crippen molar-refractivity contribution in [3.05, 3.63) is 35.4 Å². The van der Waals surface area contributed by atoms with Crippen LogP contribution in [-0.4, -0.2) is 22.8 Å². The van der Waals surface area contributed by atoms with Gasteiger partial charge in [-0.05, 0) is 26.3 Å². The third kappa shape index (κ3) is 2.02. The summed E-state index contributed by atoms with van der Waals surface area (Å²) < 4.78 is 0. The summed E-state index contributed by atoms with van der Waals surface area (Å²) in [7, 11) is 0. The lowest BCUT2D eigenvalue weighted by atomic mass is 10.0. The molecule has 1 aliphatic heterocycles. The molecular weight excluding hydrogens is 214 g/mol. The molecule has 1 heterocycles. The fourth-order valence-corrected chi connectivity index (χ4v) is 2.20. The number of aryl methyl sites for hydroxylation is 1. The van der Waals surface area contributed by atoms with E-state index >= 15 is 0 Å². The van der Waals surface area contributed by atoms with Gasteiger partial charge in [-0.3, -0.25) is 10.7 Å². The molecule has 1 saturated heterocycles. The zero-order valence-electron chi connectivity index (χ0n) is 10.3. The van der Waals surface area contributed by atoms with Crippen LogP contribution in [0.4, 0.5) is 4.79 Å². The number of amidine groups is 1. The van der Waals surface area contributed by atoms with E-state index in [-0.39, 0.29) is 24.0 Å². The van der Waals surface area contributed by atoms with Crippen LogP contribution in [0, 0.1) is 12.3 Å². The first kappa shape index (κ1) is 11.6. The summed E-state index contributed by atoms with van der Waals surface area (Å²) >= 11 is 0. The number of amides is 2. The molecule has 2 N–H and O–H groups in total. The number of hydrogen-bond acceptors (Lipinski definition) is 2. The zero-order chi connectivity index (χ0) is 12.6. The van der Waals surface area contributed by atoms with Crippen molar-refractivity contribution in [3.63, 3.8) is 0 Å². The van der Waals surface area contributed by atoms with Crippen LogP contribution in [0.25, 0.3) is 0 Å². The van der Waals surface area contributed by atoms with Gasteiger partial charge in [0.25, 0.3) is 0 Å². The Balaban J connectivity index is 2.42. The summed E-state index contributed by atoms with van der Waals surface area (Å²) in [5, 5.41) is 10.5. The molecule has 1 aromatic rings. The highest BCUT2D eigenvalue weighted by Crippen LogP contribution is 2.28. The SMILES string of the molecule is Cc1cccc(C2C(=N)NC(=O)N2C(C)C)c1. The molecule has 4 nitrogen and oxygen atoms in total. The minimum Gasteiger partial charge on any atom is -0.308 e. The molecule has 1 unspecified atom stereocenters. The molecule has 90 valence electrons. The summed E-state index contributed by atoms with van der Waals surface area (Å²) in [5.41, 5.74) is 2.13. The van der Waals surface area contributed by atoms with Crippen molar-refractivity contribution in [3.8, 4) is 0 Å². The third-order valence-corrected chi connectivity index (χ3v) is 2.94. The molecule has 0 aliphatic carbocycles. The van der Waals surface area contributed by atoms with Gasteiger partial charge in [0.2, 0.25) is 0 Å². The summed E-state index contributed by atoms with van der Waals surface area (Å²) in [6.45, 7) is 5.93. The molecule has 0 bridgehead atoms. The summed E-state index contributed by atoms with van der Waals surface area (Å²) in [5.74, 6) is 0.259. The number of nitrogens with one attached hydrogen (secondary N) is 2. The van der Waals surface area contributed by atoms with Crippen molar-refractivity contribution in [1.82, 2.24) is 10.2 Å². The average molecular weight is 231 g/mol. The smallest absolute Gasteiger partial charge is 0.308 e. The molecule has 1 aromatic carbocycles. The van der Waals surface area contributed by atoms with Crippen molar-refractivity contribution in [2.75, 3.05) is 0 Å². The Hall–Kier alpha value is -1.84. The highest BCUT2D eigenvalue weighted by Gasteiger charge is 2.38. The van der Waals surface area contributed by atoms with Crippen LogP contribution in [0.5, 0.6) is 0 Å². The molecule has 17 heavy (non-hydrogen) atoms. The maximum Gasteiger partial charge on any atom is 0.323 e. The first-order chi connectivity index (χ1) is 8.00. The fraction of sp³-hybridized carbons (Fsp3) is 0.385. The molecule has 2 rings (SSSR count). The average Bonchev–Trinajstić information content (AvgIpc) is 2.53. The van der Waals surface area contributed by atoms with Crippen molar-refractivity contribution >= 4 is 11.9 Å². The van der Waals surface area contributed by atoms with E-state index < -0.39 is 0 Å². The maximum absolute atomic E-state index is 11.8. The molecule has 1 atom stereocenters. The molecule has 1 aliphatic rings. The third-order valence-electron chi connectivity index (χ3n) is 2.94. The summed E-state index contributed by atoms with van der Waals surface area (Å²) in [6, 6.07) is 7.56. The largest absolute Gasteiger partial charge is 0.323 e. The Morgan fingerprint density at radius 3 is 2.71 bits per heavy atom. The van der Waals surface area contributed by atoms with E-state index in [1.165, 1.54) is 0 Å². The Bertz CT molecular complexity index is 467. The number of rotatable bonds is 2. The molecule has 0 radical (unpaired) electrons. The second-order valence-corrected chi connectivity index (χ2v) is 4.66. The van der Waals surface area contributed by atoms with Gasteiger partial charge in [0.05, 0.1) is 0 Å². The minimum atomic E-state index is -0.276. The number of benzene rings is 1. The number of urea groups is 1. The van der Waals surface area contributed by atoms with Gasteiger partial charge >= 0.3 is 6.03 Å². The van der Waals surface area contributed by atoms with Gasteiger partial charge in [0, 0.05) is 6.04 Å².